The summed E-state index contributed by atoms with van der Waals surface area (Å²) >= 11 is 1.67. The van der Waals surface area contributed by atoms with E-state index in [0.29, 0.717) is 0 Å². The van der Waals surface area contributed by atoms with Crippen LogP contribution in [0.15, 0.2) is 47.4 Å². The fraction of sp³-hybridized carbons (Fsp3) is 0.333. The Balaban J connectivity index is 2.66. The van der Waals surface area contributed by atoms with Gasteiger partial charge in [0, 0.05) is 29.4 Å². The highest BCUT2D eigenvalue weighted by atomic mass is 32.2. The lowest BCUT2D eigenvalue weighted by Gasteiger charge is -2.06. The molecule has 1 N–H and O–H groups in total. The molecule has 0 amide bonds. The highest BCUT2D eigenvalue weighted by Crippen LogP contribution is 2.17. The van der Waals surface area contributed by atoms with Crippen LogP contribution in [0.3, 0.4) is 0 Å². The summed E-state index contributed by atoms with van der Waals surface area (Å²) < 4.78 is 0. The second-order valence-corrected chi connectivity index (χ2v) is 5.33. The van der Waals surface area contributed by atoms with Crippen LogP contribution in [0.4, 0.5) is 0 Å². The molecule has 0 spiro atoms. The Kier molecular flexibility index (Phi) is 6.36. The normalized spacial score (nSPS) is 12.6. The van der Waals surface area contributed by atoms with E-state index in [0.717, 1.165) is 28.6 Å². The van der Waals surface area contributed by atoms with Gasteiger partial charge in [0.15, 0.2) is 0 Å². The number of allylic oxidation sites excluding steroid dienone is 2. The van der Waals surface area contributed by atoms with Crippen LogP contribution >= 0.6 is 11.8 Å². The number of hydrogen-bond acceptors (Lipinski definition) is 4. The standard InChI is InChI=1S/C15H20N2OS/c1-5-15-14(7-6-8-16-15)10-19-13(4)17-11(2)9-12(3)18/h6-9,18H,3,5,10H2,1-2,4H3/b11-9-,17-13?. The van der Waals surface area contributed by atoms with Gasteiger partial charge >= 0.3 is 0 Å². The van der Waals surface area contributed by atoms with Crippen molar-refractivity contribution in [2.45, 2.75) is 32.9 Å². The van der Waals surface area contributed by atoms with Crippen LogP contribution in [0.1, 0.15) is 32.0 Å². The summed E-state index contributed by atoms with van der Waals surface area (Å²) in [6.45, 7) is 9.32. The maximum absolute atomic E-state index is 9.06. The van der Waals surface area contributed by atoms with Crippen LogP contribution in [0.5, 0.6) is 0 Å². The number of pyridine rings is 1. The Bertz CT molecular complexity index is 507. The third kappa shape index (κ3) is 5.75. The van der Waals surface area contributed by atoms with E-state index < -0.39 is 0 Å². The van der Waals surface area contributed by atoms with Crippen LogP contribution in [0, 0.1) is 0 Å². The number of nitrogens with zero attached hydrogens (tertiary/aromatic N) is 2. The molecule has 0 radical (unpaired) electrons. The van der Waals surface area contributed by atoms with Gasteiger partial charge in [-0.25, -0.2) is 0 Å². The van der Waals surface area contributed by atoms with Crippen molar-refractivity contribution in [2.75, 3.05) is 0 Å². The lowest BCUT2D eigenvalue weighted by atomic mass is 10.2. The Morgan fingerprint density at radius 3 is 2.89 bits per heavy atom. The molecule has 0 fully saturated rings. The molecule has 0 bridgehead atoms. The maximum atomic E-state index is 9.06. The quantitative estimate of drug-likeness (QED) is 0.378. The molecule has 1 aromatic rings. The largest absolute Gasteiger partial charge is 0.509 e. The predicted molar refractivity (Wildman–Crippen MR) is 83.5 cm³/mol. The monoisotopic (exact) mass is 276 g/mol. The SMILES string of the molecule is C=C(O)/C=C(/C)N=C(C)SCc1cccnc1CC. The van der Waals surface area contributed by atoms with Gasteiger partial charge in [0.2, 0.25) is 0 Å². The zero-order valence-electron chi connectivity index (χ0n) is 11.7. The zero-order valence-corrected chi connectivity index (χ0v) is 12.5. The summed E-state index contributed by atoms with van der Waals surface area (Å²) in [5, 5.41) is 10.0. The smallest absolute Gasteiger partial charge is 0.110 e. The number of aromatic nitrogens is 1. The predicted octanol–water partition coefficient (Wildman–Crippen LogP) is 4.27. The molecule has 0 saturated carbocycles. The first kappa shape index (κ1) is 15.5. The molecule has 1 aromatic heterocycles. The van der Waals surface area contributed by atoms with E-state index in [1.807, 2.05) is 26.1 Å². The molecule has 102 valence electrons. The molecule has 0 unspecified atom stereocenters. The van der Waals surface area contributed by atoms with Crippen molar-refractivity contribution < 1.29 is 5.11 Å². The Labute approximate surface area is 119 Å². The summed E-state index contributed by atoms with van der Waals surface area (Å²) in [4.78, 5) is 8.75. The average Bonchev–Trinajstić information content (AvgIpc) is 2.35. The lowest BCUT2D eigenvalue weighted by molar-refractivity contribution is 0.434. The molecule has 1 heterocycles. The van der Waals surface area contributed by atoms with E-state index in [-0.39, 0.29) is 5.76 Å². The molecule has 0 atom stereocenters. The van der Waals surface area contributed by atoms with Crippen molar-refractivity contribution in [3.63, 3.8) is 0 Å². The van der Waals surface area contributed by atoms with Gasteiger partial charge in [-0.1, -0.05) is 19.6 Å². The van der Waals surface area contributed by atoms with E-state index >= 15 is 0 Å². The fourth-order valence-corrected chi connectivity index (χ4v) is 2.49. The highest BCUT2D eigenvalue weighted by Gasteiger charge is 2.02. The Morgan fingerprint density at radius 2 is 2.26 bits per heavy atom. The van der Waals surface area contributed by atoms with Crippen molar-refractivity contribution in [3.8, 4) is 0 Å². The number of aliphatic hydroxyl groups is 1. The maximum Gasteiger partial charge on any atom is 0.110 e. The molecule has 0 aliphatic carbocycles. The van der Waals surface area contributed by atoms with Crippen LogP contribution in [-0.2, 0) is 12.2 Å². The van der Waals surface area contributed by atoms with Gasteiger partial charge < -0.3 is 5.11 Å². The number of aliphatic imine (C=N–C) groups is 1. The van der Waals surface area contributed by atoms with Crippen molar-refractivity contribution in [3.05, 3.63) is 53.7 Å². The molecule has 3 nitrogen and oxygen atoms in total. The van der Waals surface area contributed by atoms with Crippen LogP contribution < -0.4 is 0 Å². The molecule has 0 saturated heterocycles. The third-order valence-electron chi connectivity index (χ3n) is 2.47. The number of hydrogen-bond donors (Lipinski definition) is 1. The molecular formula is C15H20N2OS. The summed E-state index contributed by atoms with van der Waals surface area (Å²) in [6, 6.07) is 4.06. The summed E-state index contributed by atoms with van der Waals surface area (Å²) in [5.74, 6) is 0.888. The third-order valence-corrected chi connectivity index (χ3v) is 3.43. The molecule has 19 heavy (non-hydrogen) atoms. The highest BCUT2D eigenvalue weighted by molar-refractivity contribution is 8.13. The van der Waals surface area contributed by atoms with Crippen molar-refractivity contribution in [1.82, 2.24) is 4.98 Å². The van der Waals surface area contributed by atoms with Crippen LogP contribution in [0.25, 0.3) is 0 Å². The molecule has 4 heteroatoms. The Morgan fingerprint density at radius 1 is 1.53 bits per heavy atom. The number of rotatable bonds is 5. The van der Waals surface area contributed by atoms with Crippen molar-refractivity contribution in [1.29, 1.82) is 0 Å². The Hall–Kier alpha value is -1.55. The zero-order chi connectivity index (χ0) is 14.3. The summed E-state index contributed by atoms with van der Waals surface area (Å²) in [7, 11) is 0. The lowest BCUT2D eigenvalue weighted by Crippen LogP contribution is -1.95. The molecule has 0 aliphatic rings. The average molecular weight is 276 g/mol. The van der Waals surface area contributed by atoms with Gasteiger partial charge in [0.1, 0.15) is 5.76 Å². The van der Waals surface area contributed by atoms with E-state index in [2.05, 4.69) is 29.5 Å². The minimum absolute atomic E-state index is 0.0274. The minimum atomic E-state index is 0.0274. The van der Waals surface area contributed by atoms with E-state index in [1.54, 1.807) is 17.8 Å². The first-order valence-corrected chi connectivity index (χ1v) is 7.18. The van der Waals surface area contributed by atoms with Crippen molar-refractivity contribution >= 4 is 16.8 Å². The van der Waals surface area contributed by atoms with E-state index in [9.17, 15) is 0 Å². The molecule has 0 aliphatic heterocycles. The topological polar surface area (TPSA) is 45.5 Å². The second-order valence-electron chi connectivity index (χ2n) is 4.16. The first-order valence-electron chi connectivity index (χ1n) is 6.20. The van der Waals surface area contributed by atoms with Gasteiger partial charge in [0.25, 0.3) is 0 Å². The van der Waals surface area contributed by atoms with Crippen LogP contribution in [-0.4, -0.2) is 15.1 Å². The fourth-order valence-electron chi connectivity index (χ4n) is 1.66. The molecule has 0 aromatic carbocycles. The second kappa shape index (κ2) is 7.79. The number of aryl methyl sites for hydroxylation is 1. The summed E-state index contributed by atoms with van der Waals surface area (Å²) in [5.41, 5.74) is 3.14. The van der Waals surface area contributed by atoms with Gasteiger partial charge in [-0.2, -0.15) is 0 Å². The molecular weight excluding hydrogens is 256 g/mol. The van der Waals surface area contributed by atoms with Gasteiger partial charge in [-0.3, -0.25) is 9.98 Å². The first-order chi connectivity index (χ1) is 9.02. The molecule has 1 rings (SSSR count). The van der Waals surface area contributed by atoms with Crippen molar-refractivity contribution in [2.24, 2.45) is 4.99 Å². The minimum Gasteiger partial charge on any atom is -0.509 e. The van der Waals surface area contributed by atoms with E-state index in [1.165, 1.54) is 5.56 Å². The summed E-state index contributed by atoms with van der Waals surface area (Å²) in [6.07, 6.45) is 4.31. The van der Waals surface area contributed by atoms with Gasteiger partial charge in [-0.15, -0.1) is 11.8 Å². The van der Waals surface area contributed by atoms with Gasteiger partial charge in [-0.05, 0) is 31.9 Å². The van der Waals surface area contributed by atoms with Gasteiger partial charge in [0.05, 0.1) is 5.04 Å². The number of thioether (sulfide) groups is 1. The number of aliphatic hydroxyl groups excluding tert-OH is 1. The van der Waals surface area contributed by atoms with Crippen LogP contribution in [0.2, 0.25) is 0 Å². The van der Waals surface area contributed by atoms with E-state index in [4.69, 9.17) is 5.11 Å².